The predicted molar refractivity (Wildman–Crippen MR) is 88.0 cm³/mol. The molecule has 0 saturated heterocycles. The second kappa shape index (κ2) is 7.51. The highest BCUT2D eigenvalue weighted by molar-refractivity contribution is 5.90. The number of pyridine rings is 3. The van der Waals surface area contributed by atoms with Crippen LogP contribution in [0.4, 0.5) is 22.0 Å². The molecule has 3 aromatic heterocycles. The molecular formula is C18H8F5N3O2. The first-order valence-corrected chi connectivity index (χ1v) is 7.53. The molecule has 3 heterocycles. The lowest BCUT2D eigenvalue weighted by Gasteiger charge is -2.03. The number of rotatable bonds is 1. The minimum Gasteiger partial charge on any atom is -0.476 e. The monoisotopic (exact) mass is 393 g/mol. The van der Waals surface area contributed by atoms with Gasteiger partial charge in [-0.1, -0.05) is 6.07 Å². The maximum Gasteiger partial charge on any atom is 0.357 e. The van der Waals surface area contributed by atoms with Crippen LogP contribution in [0.25, 0.3) is 21.9 Å². The van der Waals surface area contributed by atoms with Crippen molar-refractivity contribution in [2.75, 3.05) is 0 Å². The molecule has 0 spiro atoms. The Hall–Kier alpha value is -3.69. The number of hydrogen-bond donors (Lipinski definition) is 1. The quantitative estimate of drug-likeness (QED) is 0.386. The molecule has 1 N–H and O–H groups in total. The van der Waals surface area contributed by atoms with Crippen LogP contribution in [0.5, 0.6) is 0 Å². The number of carboxylic acids is 1. The average Bonchev–Trinajstić information content (AvgIpc) is 2.66. The predicted octanol–water partition coefficient (Wildman–Crippen LogP) is 4.26. The molecule has 0 aliphatic carbocycles. The molecular weight excluding hydrogens is 385 g/mol. The number of aromatic nitrogens is 3. The highest BCUT2D eigenvalue weighted by Gasteiger charge is 2.21. The van der Waals surface area contributed by atoms with E-state index in [0.29, 0.717) is 5.39 Å². The van der Waals surface area contributed by atoms with Crippen LogP contribution in [-0.4, -0.2) is 26.0 Å². The summed E-state index contributed by atoms with van der Waals surface area (Å²) in [5.41, 5.74) is -1.08. The lowest BCUT2D eigenvalue weighted by Crippen LogP contribution is -2.07. The zero-order valence-electron chi connectivity index (χ0n) is 13.6. The fourth-order valence-corrected chi connectivity index (χ4v) is 2.31. The van der Waals surface area contributed by atoms with Crippen molar-refractivity contribution in [2.24, 2.45) is 0 Å². The first-order valence-electron chi connectivity index (χ1n) is 7.53. The van der Waals surface area contributed by atoms with Crippen LogP contribution in [0, 0.1) is 29.2 Å². The lowest BCUT2D eigenvalue weighted by molar-refractivity contribution is 0.0684. The van der Waals surface area contributed by atoms with Crippen molar-refractivity contribution < 1.29 is 31.9 Å². The highest BCUT2D eigenvalue weighted by atomic mass is 19.2. The molecule has 0 atom stereocenters. The van der Waals surface area contributed by atoms with Gasteiger partial charge in [0, 0.05) is 11.6 Å². The molecule has 0 amide bonds. The normalized spacial score (nSPS) is 10.6. The number of halogens is 5. The molecule has 0 bridgehead atoms. The van der Waals surface area contributed by atoms with Crippen molar-refractivity contribution in [2.45, 2.75) is 0 Å². The Kier molecular flexibility index (Phi) is 5.12. The number of fused-ring (bicyclic) bond motifs is 2. The Bertz CT molecular complexity index is 1180. The Labute approximate surface area is 153 Å². The molecule has 0 aliphatic heterocycles. The zero-order valence-corrected chi connectivity index (χ0v) is 13.6. The van der Waals surface area contributed by atoms with Gasteiger partial charge in [0.2, 0.25) is 0 Å². The minimum atomic E-state index is -1.71. The smallest absolute Gasteiger partial charge is 0.357 e. The summed E-state index contributed by atoms with van der Waals surface area (Å²) >= 11 is 0. The number of nitrogens with zero attached hydrogens (tertiary/aromatic N) is 3. The van der Waals surface area contributed by atoms with E-state index in [4.69, 9.17) is 5.11 Å². The van der Waals surface area contributed by atoms with Crippen molar-refractivity contribution >= 4 is 27.9 Å². The van der Waals surface area contributed by atoms with E-state index in [9.17, 15) is 26.7 Å². The Morgan fingerprint density at radius 2 is 1.64 bits per heavy atom. The van der Waals surface area contributed by atoms with Gasteiger partial charge < -0.3 is 5.11 Å². The molecule has 0 fully saturated rings. The van der Waals surface area contributed by atoms with E-state index in [1.807, 2.05) is 0 Å². The third kappa shape index (κ3) is 3.56. The SMILES string of the molecule is Fc1cc2cccnc2nc1F.O=C(O)c1nc2cccc(F)c2c(F)c1F. The fraction of sp³-hybridized carbons (Fsp3) is 0. The summed E-state index contributed by atoms with van der Waals surface area (Å²) < 4.78 is 64.8. The van der Waals surface area contributed by atoms with Crippen molar-refractivity contribution in [3.05, 3.63) is 77.5 Å². The summed E-state index contributed by atoms with van der Waals surface area (Å²) in [6.45, 7) is 0. The molecule has 28 heavy (non-hydrogen) atoms. The molecule has 0 saturated carbocycles. The molecule has 0 aliphatic rings. The third-order valence-electron chi connectivity index (χ3n) is 3.55. The first kappa shape index (κ1) is 19.1. The molecule has 0 radical (unpaired) electrons. The molecule has 4 aromatic rings. The molecule has 142 valence electrons. The molecule has 10 heteroatoms. The van der Waals surface area contributed by atoms with Crippen LogP contribution in [-0.2, 0) is 0 Å². The van der Waals surface area contributed by atoms with Crippen LogP contribution in [0.1, 0.15) is 10.5 Å². The van der Waals surface area contributed by atoms with Gasteiger partial charge in [-0.05, 0) is 30.3 Å². The maximum absolute atomic E-state index is 13.4. The largest absolute Gasteiger partial charge is 0.476 e. The van der Waals surface area contributed by atoms with Crippen LogP contribution < -0.4 is 0 Å². The lowest BCUT2D eigenvalue weighted by atomic mass is 10.1. The Morgan fingerprint density at radius 3 is 2.36 bits per heavy atom. The number of carbonyl (C=O) groups is 1. The van der Waals surface area contributed by atoms with E-state index in [1.54, 1.807) is 12.1 Å². The van der Waals surface area contributed by atoms with E-state index >= 15 is 0 Å². The first-order chi connectivity index (χ1) is 13.3. The third-order valence-corrected chi connectivity index (χ3v) is 3.55. The molecule has 1 aromatic carbocycles. The van der Waals surface area contributed by atoms with Crippen LogP contribution in [0.3, 0.4) is 0 Å². The van der Waals surface area contributed by atoms with E-state index in [0.717, 1.165) is 12.1 Å². The van der Waals surface area contributed by atoms with Crippen molar-refractivity contribution in [1.82, 2.24) is 15.0 Å². The van der Waals surface area contributed by atoms with Crippen molar-refractivity contribution in [3.8, 4) is 0 Å². The Balaban J connectivity index is 0.000000167. The van der Waals surface area contributed by atoms with Gasteiger partial charge >= 0.3 is 5.97 Å². The summed E-state index contributed by atoms with van der Waals surface area (Å²) in [5.74, 6) is -7.96. The summed E-state index contributed by atoms with van der Waals surface area (Å²) in [5, 5.41) is 8.40. The summed E-state index contributed by atoms with van der Waals surface area (Å²) in [7, 11) is 0. The second-order valence-corrected chi connectivity index (χ2v) is 5.34. The van der Waals surface area contributed by atoms with E-state index < -0.39 is 46.3 Å². The van der Waals surface area contributed by atoms with E-state index in [-0.39, 0.29) is 11.2 Å². The zero-order chi connectivity index (χ0) is 20.4. The molecule has 0 unspecified atom stereocenters. The van der Waals surface area contributed by atoms with E-state index in [1.165, 1.54) is 18.3 Å². The number of hydrogen-bond acceptors (Lipinski definition) is 4. The number of aromatic carboxylic acids is 1. The fourth-order valence-electron chi connectivity index (χ4n) is 2.31. The average molecular weight is 393 g/mol. The standard InChI is InChI=1S/C10H4F3NO2.C8H4F2N2/c11-4-2-1-3-5-6(4)7(12)8(13)9(14-5)10(15)16;9-6-4-5-2-1-3-11-8(5)12-7(6)10/h1-3H,(H,15,16);1-4H. The van der Waals surface area contributed by atoms with Crippen molar-refractivity contribution in [3.63, 3.8) is 0 Å². The minimum absolute atomic E-state index is 0.219. The number of benzene rings is 1. The molecule has 5 nitrogen and oxygen atoms in total. The number of carboxylic acid groups (broad SMARTS) is 1. The van der Waals surface area contributed by atoms with Gasteiger partial charge in [-0.25, -0.2) is 32.3 Å². The van der Waals surface area contributed by atoms with Gasteiger partial charge in [-0.15, -0.1) is 0 Å². The second-order valence-electron chi connectivity index (χ2n) is 5.34. The van der Waals surface area contributed by atoms with Gasteiger partial charge in [0.25, 0.3) is 5.95 Å². The van der Waals surface area contributed by atoms with Gasteiger partial charge in [-0.2, -0.15) is 9.37 Å². The summed E-state index contributed by atoms with van der Waals surface area (Å²) in [6.07, 6.45) is 1.48. The maximum atomic E-state index is 13.4. The van der Waals surface area contributed by atoms with Crippen LogP contribution >= 0.6 is 0 Å². The topological polar surface area (TPSA) is 76.0 Å². The highest BCUT2D eigenvalue weighted by Crippen LogP contribution is 2.23. The van der Waals surface area contributed by atoms with Crippen LogP contribution in [0.2, 0.25) is 0 Å². The summed E-state index contributed by atoms with van der Waals surface area (Å²) in [6, 6.07) is 7.71. The van der Waals surface area contributed by atoms with Crippen LogP contribution in [0.15, 0.2) is 42.6 Å². The van der Waals surface area contributed by atoms with Gasteiger partial charge in [0.1, 0.15) is 5.82 Å². The van der Waals surface area contributed by atoms with Gasteiger partial charge in [0.05, 0.1) is 10.9 Å². The van der Waals surface area contributed by atoms with E-state index in [2.05, 4.69) is 15.0 Å². The van der Waals surface area contributed by atoms with Gasteiger partial charge in [0.15, 0.2) is 28.8 Å². The Morgan fingerprint density at radius 1 is 0.893 bits per heavy atom. The van der Waals surface area contributed by atoms with Crippen molar-refractivity contribution in [1.29, 1.82) is 0 Å². The summed E-state index contributed by atoms with van der Waals surface area (Å²) in [4.78, 5) is 21.0. The molecule has 4 rings (SSSR count). The van der Waals surface area contributed by atoms with Gasteiger partial charge in [-0.3, -0.25) is 0 Å².